The molecule has 1 aromatic carbocycles. The van der Waals surface area contributed by atoms with Gasteiger partial charge in [-0.3, -0.25) is 4.79 Å². The van der Waals surface area contributed by atoms with Gasteiger partial charge in [0.05, 0.1) is 17.9 Å². The first-order valence-electron chi connectivity index (χ1n) is 10.5. The number of esters is 1. The maximum absolute atomic E-state index is 13.2. The lowest BCUT2D eigenvalue weighted by Gasteiger charge is -2.14. The zero-order chi connectivity index (χ0) is 23.0. The third kappa shape index (κ3) is 4.13. The van der Waals surface area contributed by atoms with E-state index in [1.165, 1.54) is 29.2 Å². The van der Waals surface area contributed by atoms with Crippen LogP contribution in [0, 0.1) is 0 Å². The molecule has 5 nitrogen and oxygen atoms in total. The fourth-order valence-electron chi connectivity index (χ4n) is 4.24. The molecule has 32 heavy (non-hydrogen) atoms. The summed E-state index contributed by atoms with van der Waals surface area (Å²) in [4.78, 5) is 26.9. The van der Waals surface area contributed by atoms with E-state index in [0.717, 1.165) is 53.6 Å². The molecule has 0 saturated heterocycles. The van der Waals surface area contributed by atoms with Crippen molar-refractivity contribution in [2.75, 3.05) is 11.9 Å². The SMILES string of the molecule is CCOC(=O)c1c(NC(C)=O)c2c3c(sc2n1Cc1cccc(C(F)(F)F)c1)CCCC3. The van der Waals surface area contributed by atoms with E-state index >= 15 is 0 Å². The minimum atomic E-state index is -4.46. The fourth-order valence-corrected chi connectivity index (χ4v) is 5.64. The lowest BCUT2D eigenvalue weighted by atomic mass is 9.96. The lowest BCUT2D eigenvalue weighted by molar-refractivity contribution is -0.137. The standard InChI is InChI=1S/C23H23F3N2O3S/c1-3-31-22(30)20-19(27-13(2)29)18-16-9-4-5-10-17(16)32-21(18)28(20)12-14-7-6-8-15(11-14)23(24,25)26/h6-8,11H,3-5,9-10,12H2,1-2H3,(H,27,29). The zero-order valence-electron chi connectivity index (χ0n) is 17.8. The summed E-state index contributed by atoms with van der Waals surface area (Å²) >= 11 is 1.53. The van der Waals surface area contributed by atoms with Gasteiger partial charge in [0.2, 0.25) is 5.91 Å². The zero-order valence-corrected chi connectivity index (χ0v) is 18.6. The van der Waals surface area contributed by atoms with Gasteiger partial charge in [0.25, 0.3) is 0 Å². The normalized spacial score (nSPS) is 13.8. The molecule has 2 aromatic heterocycles. The molecule has 0 saturated carbocycles. The summed E-state index contributed by atoms with van der Waals surface area (Å²) in [6.45, 7) is 3.23. The number of aromatic nitrogens is 1. The molecule has 0 spiro atoms. The van der Waals surface area contributed by atoms with Crippen molar-refractivity contribution < 1.29 is 27.5 Å². The summed E-state index contributed by atoms with van der Waals surface area (Å²) in [5.74, 6) is -0.944. The summed E-state index contributed by atoms with van der Waals surface area (Å²) in [6, 6.07) is 5.07. The number of carbonyl (C=O) groups excluding carboxylic acids is 2. The number of halogens is 3. The molecule has 0 bridgehead atoms. The molecule has 170 valence electrons. The Morgan fingerprint density at radius 2 is 1.97 bits per heavy atom. The number of benzene rings is 1. The van der Waals surface area contributed by atoms with E-state index in [9.17, 15) is 22.8 Å². The number of thiophene rings is 1. The first-order valence-corrected chi connectivity index (χ1v) is 11.3. The Hall–Kier alpha value is -2.81. The molecule has 1 aliphatic rings. The smallest absolute Gasteiger partial charge is 0.416 e. The first-order chi connectivity index (χ1) is 15.2. The quantitative estimate of drug-likeness (QED) is 0.487. The van der Waals surface area contributed by atoms with Crippen LogP contribution < -0.4 is 5.32 Å². The van der Waals surface area contributed by atoms with Crippen molar-refractivity contribution in [3.05, 3.63) is 51.5 Å². The number of rotatable bonds is 5. The minimum Gasteiger partial charge on any atom is -0.461 e. The number of hydrogen-bond acceptors (Lipinski definition) is 4. The molecular formula is C23H23F3N2O3S. The molecule has 0 unspecified atom stereocenters. The number of ether oxygens (including phenoxy) is 1. The van der Waals surface area contributed by atoms with Crippen molar-refractivity contribution in [3.8, 4) is 0 Å². The van der Waals surface area contributed by atoms with E-state index in [-0.39, 0.29) is 24.8 Å². The molecule has 9 heteroatoms. The van der Waals surface area contributed by atoms with Gasteiger partial charge in [0.15, 0.2) is 5.69 Å². The van der Waals surface area contributed by atoms with Gasteiger partial charge in [0.1, 0.15) is 4.83 Å². The van der Waals surface area contributed by atoms with Crippen molar-refractivity contribution in [1.82, 2.24) is 4.57 Å². The Labute approximate surface area is 187 Å². The highest BCUT2D eigenvalue weighted by atomic mass is 32.1. The van der Waals surface area contributed by atoms with Gasteiger partial charge in [-0.2, -0.15) is 13.2 Å². The van der Waals surface area contributed by atoms with Gasteiger partial charge >= 0.3 is 12.1 Å². The van der Waals surface area contributed by atoms with E-state index < -0.39 is 17.7 Å². The molecule has 1 N–H and O–H groups in total. The molecule has 1 amide bonds. The van der Waals surface area contributed by atoms with Crippen molar-refractivity contribution in [1.29, 1.82) is 0 Å². The summed E-state index contributed by atoms with van der Waals surface area (Å²) in [6.07, 6.45) is -0.657. The highest BCUT2D eigenvalue weighted by Crippen LogP contribution is 2.44. The Bertz CT molecular complexity index is 1190. The summed E-state index contributed by atoms with van der Waals surface area (Å²) in [5.41, 5.74) is 1.31. The summed E-state index contributed by atoms with van der Waals surface area (Å²) in [7, 11) is 0. The highest BCUT2D eigenvalue weighted by molar-refractivity contribution is 7.19. The van der Waals surface area contributed by atoms with Crippen LogP contribution >= 0.6 is 11.3 Å². The van der Waals surface area contributed by atoms with Crippen molar-refractivity contribution >= 4 is 39.1 Å². The molecule has 1 aliphatic carbocycles. The maximum Gasteiger partial charge on any atom is 0.416 e. The maximum atomic E-state index is 13.2. The molecule has 0 radical (unpaired) electrons. The van der Waals surface area contributed by atoms with Gasteiger partial charge in [-0.15, -0.1) is 11.3 Å². The topological polar surface area (TPSA) is 60.3 Å². The van der Waals surface area contributed by atoms with Gasteiger partial charge in [0, 0.05) is 23.7 Å². The molecule has 4 rings (SSSR count). The van der Waals surface area contributed by atoms with Crippen LogP contribution in [0.2, 0.25) is 0 Å². The van der Waals surface area contributed by atoms with Crippen LogP contribution in [0.1, 0.15) is 58.7 Å². The van der Waals surface area contributed by atoms with Crippen LogP contribution in [0.15, 0.2) is 24.3 Å². The number of fused-ring (bicyclic) bond motifs is 3. The van der Waals surface area contributed by atoms with Crippen LogP contribution in [0.25, 0.3) is 10.2 Å². The summed E-state index contributed by atoms with van der Waals surface area (Å²) in [5, 5.41) is 3.60. The molecule has 3 aromatic rings. The molecule has 0 atom stereocenters. The number of nitrogens with zero attached hydrogens (tertiary/aromatic N) is 1. The molecular weight excluding hydrogens is 441 g/mol. The number of anilines is 1. The molecule has 0 fully saturated rings. The molecule has 2 heterocycles. The monoisotopic (exact) mass is 464 g/mol. The Kier molecular flexibility index (Phi) is 6.03. The first kappa shape index (κ1) is 22.4. The Morgan fingerprint density at radius 1 is 1.22 bits per heavy atom. The van der Waals surface area contributed by atoms with Crippen LogP contribution in [0.4, 0.5) is 18.9 Å². The van der Waals surface area contributed by atoms with E-state index in [1.807, 2.05) is 0 Å². The van der Waals surface area contributed by atoms with E-state index in [1.54, 1.807) is 17.6 Å². The van der Waals surface area contributed by atoms with Crippen LogP contribution in [0.5, 0.6) is 0 Å². The number of alkyl halides is 3. The largest absolute Gasteiger partial charge is 0.461 e. The minimum absolute atomic E-state index is 0.0492. The van der Waals surface area contributed by atoms with Crippen molar-refractivity contribution in [2.45, 2.75) is 52.3 Å². The second kappa shape index (κ2) is 8.61. The number of carbonyl (C=O) groups is 2. The van der Waals surface area contributed by atoms with E-state index in [2.05, 4.69) is 5.32 Å². The summed E-state index contributed by atoms with van der Waals surface area (Å²) < 4.78 is 46.7. The van der Waals surface area contributed by atoms with Crippen LogP contribution in [-0.4, -0.2) is 23.1 Å². The molecule has 0 aliphatic heterocycles. The number of hydrogen-bond donors (Lipinski definition) is 1. The second-order valence-corrected chi connectivity index (χ2v) is 8.88. The average molecular weight is 465 g/mol. The predicted octanol–water partition coefficient (Wildman–Crippen LogP) is 5.78. The lowest BCUT2D eigenvalue weighted by Crippen LogP contribution is -2.17. The highest BCUT2D eigenvalue weighted by Gasteiger charge is 2.32. The third-order valence-electron chi connectivity index (χ3n) is 5.52. The Morgan fingerprint density at radius 3 is 2.66 bits per heavy atom. The third-order valence-corrected chi connectivity index (χ3v) is 6.83. The van der Waals surface area contributed by atoms with Gasteiger partial charge in [-0.05, 0) is 55.9 Å². The Balaban J connectivity index is 1.94. The number of nitrogens with one attached hydrogen (secondary N) is 1. The van der Waals surface area contributed by atoms with Gasteiger partial charge < -0.3 is 14.6 Å². The van der Waals surface area contributed by atoms with Crippen LogP contribution in [0.3, 0.4) is 0 Å². The fraction of sp³-hybridized carbons (Fsp3) is 0.391. The predicted molar refractivity (Wildman–Crippen MR) is 117 cm³/mol. The van der Waals surface area contributed by atoms with E-state index in [4.69, 9.17) is 4.74 Å². The second-order valence-electron chi connectivity index (χ2n) is 7.80. The van der Waals surface area contributed by atoms with Gasteiger partial charge in [-0.25, -0.2) is 4.79 Å². The average Bonchev–Trinajstić information content (AvgIpc) is 3.23. The van der Waals surface area contributed by atoms with Crippen molar-refractivity contribution in [3.63, 3.8) is 0 Å². The van der Waals surface area contributed by atoms with Crippen molar-refractivity contribution in [2.24, 2.45) is 0 Å². The van der Waals surface area contributed by atoms with E-state index in [0.29, 0.717) is 11.3 Å². The van der Waals surface area contributed by atoms with Gasteiger partial charge in [-0.1, -0.05) is 12.1 Å². The van der Waals surface area contributed by atoms with Crippen LogP contribution in [-0.2, 0) is 35.1 Å². The number of aryl methyl sites for hydroxylation is 2. The number of amides is 1.